The molecule has 4 aliphatic rings. The number of carbonyl (C=O) groups excluding carboxylic acids is 2. The Balaban J connectivity index is 1.43. The number of nitrogens with one attached hydrogen (secondary N) is 1. The molecule has 5 atom stereocenters. The van der Waals surface area contributed by atoms with Crippen LogP contribution in [0.4, 0.5) is 5.13 Å². The molecule has 4 fully saturated rings. The summed E-state index contributed by atoms with van der Waals surface area (Å²) in [6.45, 7) is 14.5. The van der Waals surface area contributed by atoms with E-state index in [-0.39, 0.29) is 46.3 Å². The van der Waals surface area contributed by atoms with Crippen molar-refractivity contribution in [1.29, 1.82) is 0 Å². The molecule has 244 valence electrons. The van der Waals surface area contributed by atoms with Gasteiger partial charge in [-0.25, -0.2) is 9.59 Å². The molecule has 0 spiro atoms. The number of anilines is 1. The van der Waals surface area contributed by atoms with Gasteiger partial charge in [0.1, 0.15) is 5.60 Å². The van der Waals surface area contributed by atoms with E-state index < -0.39 is 47.7 Å². The maximum Gasteiger partial charge on any atom is 0.483 e. The third kappa shape index (κ3) is 6.40. The smallest absolute Gasteiger partial charge is 0.476 e. The molecule has 45 heavy (non-hydrogen) atoms. The highest BCUT2D eigenvalue weighted by atomic mass is 32.1. The summed E-state index contributed by atoms with van der Waals surface area (Å²) < 4.78 is 23.9. The number of hydrogen-bond donors (Lipinski definition) is 3. The zero-order valence-corrected chi connectivity index (χ0v) is 27.4. The van der Waals surface area contributed by atoms with Gasteiger partial charge in [-0.1, -0.05) is 24.2 Å². The van der Waals surface area contributed by atoms with Crippen LogP contribution in [-0.2, 0) is 35.0 Å². The van der Waals surface area contributed by atoms with Crippen molar-refractivity contribution in [3.8, 4) is 0 Å². The molecule has 18 heteroatoms. The number of carbonyl (C=O) groups is 3. The van der Waals surface area contributed by atoms with Crippen molar-refractivity contribution in [2.75, 3.05) is 5.73 Å². The Morgan fingerprint density at radius 2 is 1.98 bits per heavy atom. The Bertz CT molecular complexity index is 1520. The van der Waals surface area contributed by atoms with E-state index >= 15 is 0 Å². The summed E-state index contributed by atoms with van der Waals surface area (Å²) in [5.41, 5.74) is 2.30. The van der Waals surface area contributed by atoms with Gasteiger partial charge in [0, 0.05) is 11.5 Å². The number of aromatic nitrogens is 5. The molecule has 16 nitrogen and oxygen atoms in total. The van der Waals surface area contributed by atoms with Crippen molar-refractivity contribution >= 4 is 47.3 Å². The van der Waals surface area contributed by atoms with Crippen LogP contribution in [0, 0.1) is 17.3 Å². The first-order chi connectivity index (χ1) is 20.8. The van der Waals surface area contributed by atoms with Crippen molar-refractivity contribution in [2.45, 2.75) is 104 Å². The predicted molar refractivity (Wildman–Crippen MR) is 161 cm³/mol. The molecule has 6 rings (SSSR count). The molecule has 3 aliphatic carbocycles. The van der Waals surface area contributed by atoms with Gasteiger partial charge in [0.05, 0.1) is 30.4 Å². The lowest BCUT2D eigenvalue weighted by Gasteiger charge is -2.64. The third-order valence-electron chi connectivity index (χ3n) is 8.88. The SMILES string of the molecule is CC(C)(C)OC(=O)C(C)(C)O/N=C(\C(=O)N[C@@H](Cn1cc(C(=O)O)nn1)B1OC2CC3CC(C3(C)C)[C@]2(C)O1)c1nsc(N)n1. The number of nitrogen functional groups attached to an aromatic ring is 1. The van der Waals surface area contributed by atoms with E-state index in [1.165, 1.54) is 24.7 Å². The van der Waals surface area contributed by atoms with Crippen LogP contribution < -0.4 is 11.1 Å². The Morgan fingerprint density at radius 1 is 1.27 bits per heavy atom. The topological polar surface area (TPSA) is 215 Å². The molecule has 1 amide bonds. The fourth-order valence-electron chi connectivity index (χ4n) is 6.31. The molecule has 2 bridgehead atoms. The zero-order chi connectivity index (χ0) is 33.1. The molecule has 3 saturated carbocycles. The highest BCUT2D eigenvalue weighted by Gasteiger charge is 2.68. The molecule has 0 aromatic carbocycles. The minimum atomic E-state index is -1.58. The average molecular weight is 647 g/mol. The molecular formula is C27H39BN8O8S. The number of nitrogens with two attached hydrogens (primary N) is 1. The third-order valence-corrected chi connectivity index (χ3v) is 9.42. The van der Waals surface area contributed by atoms with Gasteiger partial charge in [0.15, 0.2) is 10.8 Å². The van der Waals surface area contributed by atoms with Crippen molar-refractivity contribution in [1.82, 2.24) is 29.7 Å². The molecule has 2 aromatic rings. The number of ether oxygens (including phenoxy) is 1. The maximum absolute atomic E-state index is 13.9. The van der Waals surface area contributed by atoms with E-state index in [9.17, 15) is 19.5 Å². The second-order valence-corrected chi connectivity index (χ2v) is 14.8. The summed E-state index contributed by atoms with van der Waals surface area (Å²) in [5, 5.41) is 23.9. The van der Waals surface area contributed by atoms with Crippen LogP contribution in [0.5, 0.6) is 0 Å². The summed E-state index contributed by atoms with van der Waals surface area (Å²) in [7, 11) is -0.926. The van der Waals surface area contributed by atoms with Gasteiger partial charge in [0.2, 0.25) is 17.1 Å². The van der Waals surface area contributed by atoms with Crippen LogP contribution >= 0.6 is 11.5 Å². The first-order valence-corrected chi connectivity index (χ1v) is 15.4. The average Bonchev–Trinajstić information content (AvgIpc) is 3.65. The number of nitrogens with zero attached hydrogens (tertiary/aromatic N) is 6. The lowest BCUT2D eigenvalue weighted by molar-refractivity contribution is -0.199. The van der Waals surface area contributed by atoms with E-state index in [2.05, 4.69) is 44.0 Å². The normalized spacial score (nSPS) is 26.4. The zero-order valence-electron chi connectivity index (χ0n) is 26.6. The van der Waals surface area contributed by atoms with Crippen molar-refractivity contribution in [3.05, 3.63) is 17.7 Å². The standard InChI is InChI=1S/C27H39BN8O8S/c1-24(2,3)41-22(40)26(6,7)44-33-18(19-31-23(29)45-34-19)20(37)30-17(12-36-11-14(21(38)39)32-35-36)28-42-16-10-13-9-15(25(13,4)5)27(16,8)43-28/h11,13,15-17H,9-10,12H2,1-8H3,(H,30,37)(H,38,39)(H2,29,31,34)/b33-18-/t13?,15?,16?,17-,27-/m0/s1. The second-order valence-electron chi connectivity index (χ2n) is 14.0. The molecule has 2 aromatic heterocycles. The van der Waals surface area contributed by atoms with Crippen LogP contribution in [0.3, 0.4) is 0 Å². The van der Waals surface area contributed by atoms with Crippen LogP contribution in [0.25, 0.3) is 0 Å². The second kappa shape index (κ2) is 11.3. The van der Waals surface area contributed by atoms with E-state index in [1.54, 1.807) is 20.8 Å². The number of carboxylic acids is 1. The molecule has 0 radical (unpaired) electrons. The van der Waals surface area contributed by atoms with E-state index in [0.29, 0.717) is 5.92 Å². The summed E-state index contributed by atoms with van der Waals surface area (Å²) in [6.07, 6.45) is 2.88. The van der Waals surface area contributed by atoms with Gasteiger partial charge in [-0.3, -0.25) is 9.48 Å². The molecule has 3 unspecified atom stereocenters. The first-order valence-electron chi connectivity index (χ1n) is 14.7. The van der Waals surface area contributed by atoms with Crippen LogP contribution in [0.15, 0.2) is 11.4 Å². The van der Waals surface area contributed by atoms with Gasteiger partial charge in [-0.2, -0.15) is 9.36 Å². The number of esters is 1. The molecular weight excluding hydrogens is 607 g/mol. The van der Waals surface area contributed by atoms with Gasteiger partial charge in [-0.05, 0) is 71.6 Å². The first kappa shape index (κ1) is 32.7. The number of rotatable bonds is 10. The Labute approximate surface area is 264 Å². The Kier molecular flexibility index (Phi) is 8.23. The molecule has 4 N–H and O–H groups in total. The minimum absolute atomic E-state index is 0.0544. The fraction of sp³-hybridized carbons (Fsp3) is 0.704. The van der Waals surface area contributed by atoms with Gasteiger partial charge < -0.3 is 35.0 Å². The van der Waals surface area contributed by atoms with Crippen LogP contribution in [-0.4, -0.2) is 89.0 Å². The molecule has 1 saturated heterocycles. The number of carboxylic acid groups (broad SMARTS) is 1. The summed E-state index contributed by atoms with van der Waals surface area (Å²) in [4.78, 5) is 47.8. The summed E-state index contributed by atoms with van der Waals surface area (Å²) in [6, 6.07) is 0. The van der Waals surface area contributed by atoms with Gasteiger partial charge >= 0.3 is 19.1 Å². The van der Waals surface area contributed by atoms with Crippen molar-refractivity contribution < 1.29 is 38.4 Å². The number of aromatic carboxylic acids is 1. The Morgan fingerprint density at radius 3 is 2.56 bits per heavy atom. The fourth-order valence-corrected chi connectivity index (χ4v) is 6.74. The van der Waals surface area contributed by atoms with Crippen molar-refractivity contribution in [2.24, 2.45) is 22.4 Å². The quantitative estimate of drug-likeness (QED) is 0.145. The largest absolute Gasteiger partial charge is 0.483 e. The highest BCUT2D eigenvalue weighted by Crippen LogP contribution is 2.65. The number of amides is 1. The summed E-state index contributed by atoms with van der Waals surface area (Å²) in [5.74, 6) is -3.01. The monoisotopic (exact) mass is 646 g/mol. The maximum atomic E-state index is 13.9. The summed E-state index contributed by atoms with van der Waals surface area (Å²) >= 11 is 0.849. The Hall–Kier alpha value is -3.64. The molecule has 3 heterocycles. The predicted octanol–water partition coefficient (Wildman–Crippen LogP) is 1.70. The highest BCUT2D eigenvalue weighted by molar-refractivity contribution is 7.09. The lowest BCUT2D eigenvalue weighted by atomic mass is 9.43. The van der Waals surface area contributed by atoms with E-state index in [0.717, 1.165) is 24.4 Å². The van der Waals surface area contributed by atoms with E-state index in [4.69, 9.17) is 24.6 Å². The van der Waals surface area contributed by atoms with E-state index in [1.807, 2.05) is 6.92 Å². The lowest BCUT2D eigenvalue weighted by Crippen LogP contribution is -2.65. The minimum Gasteiger partial charge on any atom is -0.476 e. The van der Waals surface area contributed by atoms with Crippen molar-refractivity contribution in [3.63, 3.8) is 0 Å². The van der Waals surface area contributed by atoms with Crippen LogP contribution in [0.2, 0.25) is 0 Å². The van der Waals surface area contributed by atoms with Crippen LogP contribution in [0.1, 0.15) is 84.5 Å². The molecule has 1 aliphatic heterocycles. The number of oxime groups is 1. The van der Waals surface area contributed by atoms with Gasteiger partial charge in [-0.15, -0.1) is 5.10 Å². The van der Waals surface area contributed by atoms with Gasteiger partial charge in [0.25, 0.3) is 5.91 Å². The number of hydrogen-bond acceptors (Lipinski definition) is 14.